The molecule has 2 aromatic carbocycles. The summed E-state index contributed by atoms with van der Waals surface area (Å²) in [4.78, 5) is 4.48. The molecule has 1 aromatic heterocycles. The van der Waals surface area contributed by atoms with Crippen molar-refractivity contribution >= 4 is 11.8 Å². The van der Waals surface area contributed by atoms with Gasteiger partial charge in [0, 0.05) is 6.54 Å². The van der Waals surface area contributed by atoms with Crippen molar-refractivity contribution < 1.29 is 9.47 Å². The third-order valence-electron chi connectivity index (χ3n) is 4.13. The molecule has 0 spiro atoms. The second-order valence-electron chi connectivity index (χ2n) is 5.98. The summed E-state index contributed by atoms with van der Waals surface area (Å²) in [5.74, 6) is 2.51. The number of rotatable bonds is 8. The molecule has 0 amide bonds. The first-order chi connectivity index (χ1) is 13.2. The van der Waals surface area contributed by atoms with Gasteiger partial charge in [0.2, 0.25) is 5.95 Å². The van der Waals surface area contributed by atoms with Gasteiger partial charge in [-0.1, -0.05) is 36.4 Å². The Morgan fingerprint density at radius 3 is 2.52 bits per heavy atom. The molecule has 0 fully saturated rings. The third kappa shape index (κ3) is 4.84. The van der Waals surface area contributed by atoms with Crippen LogP contribution < -0.4 is 20.1 Å². The van der Waals surface area contributed by atoms with Crippen molar-refractivity contribution in [3.05, 3.63) is 65.9 Å². The number of ether oxygens (including phenoxy) is 2. The molecule has 0 aliphatic heterocycles. The van der Waals surface area contributed by atoms with Gasteiger partial charge in [0.1, 0.15) is 0 Å². The van der Waals surface area contributed by atoms with E-state index in [0.29, 0.717) is 29.8 Å². The molecule has 3 rings (SSSR count). The first kappa shape index (κ1) is 18.4. The standard InChI is InChI=1S/C20H23N5O2/c1-14(16-7-5-4-6-8-16)23-20-24-19(13-22-25-20)21-12-15-9-10-17(26-2)18(11-15)27-3/h4-11,13-14H,12H2,1-3H3,(H2,21,23,24,25). The second kappa shape index (κ2) is 8.84. The zero-order chi connectivity index (χ0) is 19.1. The number of anilines is 2. The highest BCUT2D eigenvalue weighted by Crippen LogP contribution is 2.27. The van der Waals surface area contributed by atoms with Crippen molar-refractivity contribution in [2.24, 2.45) is 0 Å². The average Bonchev–Trinajstić information content (AvgIpc) is 2.73. The molecule has 7 heteroatoms. The van der Waals surface area contributed by atoms with Gasteiger partial charge < -0.3 is 20.1 Å². The first-order valence-corrected chi connectivity index (χ1v) is 8.65. The maximum absolute atomic E-state index is 5.33. The summed E-state index contributed by atoms with van der Waals surface area (Å²) < 4.78 is 10.6. The van der Waals surface area contributed by atoms with E-state index in [0.717, 1.165) is 11.1 Å². The number of hydrogen-bond donors (Lipinski definition) is 2. The minimum atomic E-state index is 0.0779. The molecule has 1 unspecified atom stereocenters. The van der Waals surface area contributed by atoms with Gasteiger partial charge in [-0.05, 0) is 30.2 Å². The van der Waals surface area contributed by atoms with Gasteiger partial charge >= 0.3 is 0 Å². The fourth-order valence-electron chi connectivity index (χ4n) is 2.65. The predicted octanol–water partition coefficient (Wildman–Crippen LogP) is 3.67. The Hall–Kier alpha value is -3.35. The topological polar surface area (TPSA) is 81.2 Å². The van der Waals surface area contributed by atoms with Gasteiger partial charge in [0.25, 0.3) is 0 Å². The van der Waals surface area contributed by atoms with Crippen LogP contribution in [0, 0.1) is 0 Å². The molecule has 1 atom stereocenters. The van der Waals surface area contributed by atoms with Crippen molar-refractivity contribution in [2.45, 2.75) is 19.5 Å². The molecule has 0 aliphatic rings. The van der Waals surface area contributed by atoms with E-state index in [4.69, 9.17) is 9.47 Å². The summed E-state index contributed by atoms with van der Waals surface area (Å²) in [6.07, 6.45) is 1.60. The number of methoxy groups -OCH3 is 2. The van der Waals surface area contributed by atoms with Gasteiger partial charge in [0.15, 0.2) is 17.3 Å². The van der Waals surface area contributed by atoms with Crippen molar-refractivity contribution in [3.63, 3.8) is 0 Å². The van der Waals surface area contributed by atoms with Gasteiger partial charge in [-0.3, -0.25) is 0 Å². The van der Waals surface area contributed by atoms with E-state index in [1.807, 2.05) is 36.4 Å². The van der Waals surface area contributed by atoms with E-state index < -0.39 is 0 Å². The highest BCUT2D eigenvalue weighted by Gasteiger charge is 2.08. The normalized spacial score (nSPS) is 11.5. The van der Waals surface area contributed by atoms with Crippen LogP contribution in [-0.2, 0) is 6.54 Å². The Kier molecular flexibility index (Phi) is 6.04. The Morgan fingerprint density at radius 2 is 1.78 bits per heavy atom. The summed E-state index contributed by atoms with van der Waals surface area (Å²) in [7, 11) is 3.24. The lowest BCUT2D eigenvalue weighted by atomic mass is 10.1. The molecule has 140 valence electrons. The van der Waals surface area contributed by atoms with E-state index >= 15 is 0 Å². The largest absolute Gasteiger partial charge is 0.493 e. The van der Waals surface area contributed by atoms with E-state index in [1.54, 1.807) is 20.4 Å². The quantitative estimate of drug-likeness (QED) is 0.630. The van der Waals surface area contributed by atoms with Crippen LogP contribution in [-0.4, -0.2) is 29.4 Å². The molecule has 1 heterocycles. The van der Waals surface area contributed by atoms with Crippen LogP contribution in [0.2, 0.25) is 0 Å². The van der Waals surface area contributed by atoms with Crippen LogP contribution >= 0.6 is 0 Å². The number of hydrogen-bond acceptors (Lipinski definition) is 7. The van der Waals surface area contributed by atoms with Crippen molar-refractivity contribution in [1.82, 2.24) is 15.2 Å². The maximum Gasteiger partial charge on any atom is 0.245 e. The minimum Gasteiger partial charge on any atom is -0.493 e. The molecule has 3 aromatic rings. The lowest BCUT2D eigenvalue weighted by Gasteiger charge is -2.14. The number of nitrogens with one attached hydrogen (secondary N) is 2. The van der Waals surface area contributed by atoms with Gasteiger partial charge in [-0.2, -0.15) is 10.1 Å². The number of nitrogens with zero attached hydrogens (tertiary/aromatic N) is 3. The highest BCUT2D eigenvalue weighted by molar-refractivity contribution is 5.45. The van der Waals surface area contributed by atoms with E-state index in [-0.39, 0.29) is 6.04 Å². The van der Waals surface area contributed by atoms with Crippen LogP contribution in [0.5, 0.6) is 11.5 Å². The van der Waals surface area contributed by atoms with E-state index in [1.165, 1.54) is 0 Å². The van der Waals surface area contributed by atoms with Gasteiger partial charge in [-0.25, -0.2) is 0 Å². The Morgan fingerprint density at radius 1 is 1.00 bits per heavy atom. The van der Waals surface area contributed by atoms with Crippen molar-refractivity contribution in [3.8, 4) is 11.5 Å². The van der Waals surface area contributed by atoms with E-state index in [2.05, 4.69) is 44.9 Å². The molecule has 27 heavy (non-hydrogen) atoms. The summed E-state index contributed by atoms with van der Waals surface area (Å²) in [5, 5.41) is 14.6. The van der Waals surface area contributed by atoms with Gasteiger partial charge in [-0.15, -0.1) is 5.10 Å². The smallest absolute Gasteiger partial charge is 0.245 e. The monoisotopic (exact) mass is 365 g/mol. The Bertz CT molecular complexity index is 873. The average molecular weight is 365 g/mol. The molecule has 0 saturated heterocycles. The summed E-state index contributed by atoms with van der Waals surface area (Å²) in [5.41, 5.74) is 2.20. The molecule has 0 aliphatic carbocycles. The fourth-order valence-corrected chi connectivity index (χ4v) is 2.65. The van der Waals surface area contributed by atoms with Crippen molar-refractivity contribution in [1.29, 1.82) is 0 Å². The molecule has 0 radical (unpaired) electrons. The Labute approximate surface area is 158 Å². The molecular formula is C20H23N5O2. The summed E-state index contributed by atoms with van der Waals surface area (Å²) in [6.45, 7) is 2.63. The third-order valence-corrected chi connectivity index (χ3v) is 4.13. The van der Waals surface area contributed by atoms with Crippen LogP contribution in [0.25, 0.3) is 0 Å². The van der Waals surface area contributed by atoms with E-state index in [9.17, 15) is 0 Å². The maximum atomic E-state index is 5.33. The second-order valence-corrected chi connectivity index (χ2v) is 5.98. The molecule has 7 nitrogen and oxygen atoms in total. The van der Waals surface area contributed by atoms with Crippen molar-refractivity contribution in [2.75, 3.05) is 24.9 Å². The van der Waals surface area contributed by atoms with Crippen LogP contribution in [0.1, 0.15) is 24.1 Å². The molecule has 2 N–H and O–H groups in total. The zero-order valence-corrected chi connectivity index (χ0v) is 15.6. The van der Waals surface area contributed by atoms with Crippen LogP contribution in [0.4, 0.5) is 11.8 Å². The number of benzene rings is 2. The first-order valence-electron chi connectivity index (χ1n) is 8.65. The van der Waals surface area contributed by atoms with Crippen LogP contribution in [0.15, 0.2) is 54.7 Å². The lowest BCUT2D eigenvalue weighted by Crippen LogP contribution is -2.11. The zero-order valence-electron chi connectivity index (χ0n) is 15.6. The lowest BCUT2D eigenvalue weighted by molar-refractivity contribution is 0.354. The number of aromatic nitrogens is 3. The summed E-state index contributed by atoms with van der Waals surface area (Å²) >= 11 is 0. The predicted molar refractivity (Wildman–Crippen MR) is 105 cm³/mol. The minimum absolute atomic E-state index is 0.0779. The SMILES string of the molecule is COc1ccc(CNc2cnnc(NC(C)c3ccccc3)n2)cc1OC. The summed E-state index contributed by atoms with van der Waals surface area (Å²) in [6, 6.07) is 16.0. The highest BCUT2D eigenvalue weighted by atomic mass is 16.5. The molecule has 0 saturated carbocycles. The molecular weight excluding hydrogens is 342 g/mol. The Balaban J connectivity index is 1.64. The fraction of sp³-hybridized carbons (Fsp3) is 0.250. The van der Waals surface area contributed by atoms with Gasteiger partial charge in [0.05, 0.1) is 26.5 Å². The van der Waals surface area contributed by atoms with Crippen LogP contribution in [0.3, 0.4) is 0 Å². The molecule has 0 bridgehead atoms.